The largest absolute Gasteiger partial charge is 0.371 e. The molecule has 1 fully saturated rings. The van der Waals surface area contributed by atoms with E-state index in [0.29, 0.717) is 5.41 Å². The van der Waals surface area contributed by atoms with Crippen LogP contribution in [0.25, 0.3) is 0 Å². The van der Waals surface area contributed by atoms with Gasteiger partial charge in [0.05, 0.1) is 0 Å². The Morgan fingerprint density at radius 1 is 1.24 bits per heavy atom. The lowest BCUT2D eigenvalue weighted by molar-refractivity contribution is 0.325. The molecule has 0 bridgehead atoms. The fourth-order valence-corrected chi connectivity index (χ4v) is 3.31. The third-order valence-corrected chi connectivity index (χ3v) is 4.86. The average Bonchev–Trinajstić information content (AvgIpc) is 2.62. The third-order valence-electron chi connectivity index (χ3n) is 4.50. The van der Waals surface area contributed by atoms with E-state index in [1.165, 1.54) is 30.5 Å². The number of hydrogen-bond donors (Lipinski definition) is 1. The van der Waals surface area contributed by atoms with Crippen LogP contribution in [0.2, 0.25) is 5.02 Å². The Balaban J connectivity index is 2.16. The topological polar surface area (TPSA) is 15.3 Å². The van der Waals surface area contributed by atoms with E-state index in [1.54, 1.807) is 0 Å². The Bertz CT molecular complexity index is 457. The van der Waals surface area contributed by atoms with Gasteiger partial charge in [-0.25, -0.2) is 0 Å². The Hall–Kier alpha value is -0.730. The fraction of sp³-hybridized carbons (Fsp3) is 0.667. The molecule has 0 saturated carbocycles. The monoisotopic (exact) mass is 308 g/mol. The minimum atomic E-state index is 0.466. The molecule has 1 aliphatic rings. The molecule has 2 rings (SSSR count). The molecule has 21 heavy (non-hydrogen) atoms. The van der Waals surface area contributed by atoms with E-state index in [-0.39, 0.29) is 0 Å². The van der Waals surface area contributed by atoms with Crippen molar-refractivity contribution < 1.29 is 0 Å². The summed E-state index contributed by atoms with van der Waals surface area (Å²) in [6.45, 7) is 11.1. The molecule has 0 unspecified atom stereocenters. The molecular weight excluding hydrogens is 280 g/mol. The predicted octanol–water partition coefficient (Wildman–Crippen LogP) is 4.86. The SMILES string of the molecule is CCCNCc1c(Cl)cccc1N1CCCC(C)(C)CC1. The van der Waals surface area contributed by atoms with Gasteiger partial charge in [0, 0.05) is 35.9 Å². The first-order chi connectivity index (χ1) is 10.0. The summed E-state index contributed by atoms with van der Waals surface area (Å²) in [4.78, 5) is 2.53. The summed E-state index contributed by atoms with van der Waals surface area (Å²) in [6.07, 6.45) is 4.98. The van der Waals surface area contributed by atoms with Crippen molar-refractivity contribution in [1.82, 2.24) is 5.32 Å². The summed E-state index contributed by atoms with van der Waals surface area (Å²) in [5.74, 6) is 0. The van der Waals surface area contributed by atoms with Crippen LogP contribution in [0.3, 0.4) is 0 Å². The van der Waals surface area contributed by atoms with Crippen molar-refractivity contribution in [2.45, 2.75) is 53.0 Å². The lowest BCUT2D eigenvalue weighted by atomic mass is 9.85. The van der Waals surface area contributed by atoms with Gasteiger partial charge >= 0.3 is 0 Å². The molecular formula is C18H29ClN2. The van der Waals surface area contributed by atoms with Crippen molar-refractivity contribution in [2.75, 3.05) is 24.5 Å². The zero-order valence-corrected chi connectivity index (χ0v) is 14.5. The van der Waals surface area contributed by atoms with Crippen molar-refractivity contribution in [2.24, 2.45) is 5.41 Å². The number of benzene rings is 1. The molecule has 1 aromatic rings. The van der Waals surface area contributed by atoms with Gasteiger partial charge < -0.3 is 10.2 Å². The van der Waals surface area contributed by atoms with Crippen LogP contribution < -0.4 is 10.2 Å². The first kappa shape index (κ1) is 16.6. The maximum Gasteiger partial charge on any atom is 0.0471 e. The molecule has 2 nitrogen and oxygen atoms in total. The van der Waals surface area contributed by atoms with Gasteiger partial charge in [-0.3, -0.25) is 0 Å². The average molecular weight is 309 g/mol. The minimum absolute atomic E-state index is 0.466. The van der Waals surface area contributed by atoms with E-state index < -0.39 is 0 Å². The van der Waals surface area contributed by atoms with E-state index in [1.807, 2.05) is 6.07 Å². The molecule has 0 spiro atoms. The quantitative estimate of drug-likeness (QED) is 0.782. The number of hydrogen-bond acceptors (Lipinski definition) is 2. The van der Waals surface area contributed by atoms with Crippen molar-refractivity contribution in [1.29, 1.82) is 0 Å². The summed E-state index contributed by atoms with van der Waals surface area (Å²) in [5.41, 5.74) is 3.05. The van der Waals surface area contributed by atoms with Crippen LogP contribution >= 0.6 is 11.6 Å². The maximum atomic E-state index is 6.46. The minimum Gasteiger partial charge on any atom is -0.371 e. The van der Waals surface area contributed by atoms with Gasteiger partial charge in [-0.1, -0.05) is 38.4 Å². The fourth-order valence-electron chi connectivity index (χ4n) is 3.07. The Morgan fingerprint density at radius 2 is 2.05 bits per heavy atom. The van der Waals surface area contributed by atoms with Crippen LogP contribution in [0.1, 0.15) is 52.0 Å². The summed E-state index contributed by atoms with van der Waals surface area (Å²) in [6, 6.07) is 6.32. The highest BCUT2D eigenvalue weighted by Crippen LogP contribution is 2.34. The first-order valence-corrected chi connectivity index (χ1v) is 8.64. The van der Waals surface area contributed by atoms with Crippen molar-refractivity contribution in [3.63, 3.8) is 0 Å². The molecule has 0 amide bonds. The van der Waals surface area contributed by atoms with Crippen molar-refractivity contribution in [3.05, 3.63) is 28.8 Å². The normalized spacial score (nSPS) is 18.6. The molecule has 1 aromatic carbocycles. The maximum absolute atomic E-state index is 6.46. The number of nitrogens with one attached hydrogen (secondary N) is 1. The number of nitrogens with zero attached hydrogens (tertiary/aromatic N) is 1. The molecule has 118 valence electrons. The van der Waals surface area contributed by atoms with Gasteiger partial charge in [0.2, 0.25) is 0 Å². The molecule has 1 saturated heterocycles. The van der Waals surface area contributed by atoms with Crippen LogP contribution in [-0.2, 0) is 6.54 Å². The number of anilines is 1. The van der Waals surface area contributed by atoms with Gasteiger partial charge in [0.15, 0.2) is 0 Å². The second kappa shape index (κ2) is 7.51. The van der Waals surface area contributed by atoms with E-state index in [0.717, 1.165) is 37.6 Å². The van der Waals surface area contributed by atoms with E-state index in [4.69, 9.17) is 11.6 Å². The van der Waals surface area contributed by atoms with Crippen LogP contribution in [-0.4, -0.2) is 19.6 Å². The van der Waals surface area contributed by atoms with E-state index >= 15 is 0 Å². The molecule has 1 N–H and O–H groups in total. The standard InChI is InChI=1S/C18H29ClN2/c1-4-11-20-14-15-16(19)7-5-8-17(15)21-12-6-9-18(2,3)10-13-21/h5,7-8,20H,4,6,9-14H2,1-3H3. The second-order valence-electron chi connectivity index (χ2n) is 6.92. The molecule has 1 heterocycles. The van der Waals surface area contributed by atoms with E-state index in [2.05, 4.69) is 43.1 Å². The highest BCUT2D eigenvalue weighted by atomic mass is 35.5. The number of rotatable bonds is 5. The number of halogens is 1. The van der Waals surface area contributed by atoms with Crippen molar-refractivity contribution >= 4 is 17.3 Å². The second-order valence-corrected chi connectivity index (χ2v) is 7.33. The van der Waals surface area contributed by atoms with Gasteiger partial charge in [-0.2, -0.15) is 0 Å². The molecule has 0 aliphatic carbocycles. The Kier molecular flexibility index (Phi) is 5.95. The van der Waals surface area contributed by atoms with Gasteiger partial charge in [0.25, 0.3) is 0 Å². The lowest BCUT2D eigenvalue weighted by Crippen LogP contribution is -2.27. The lowest BCUT2D eigenvalue weighted by Gasteiger charge is -2.27. The molecule has 0 aromatic heterocycles. The van der Waals surface area contributed by atoms with Crippen molar-refractivity contribution in [3.8, 4) is 0 Å². The van der Waals surface area contributed by atoms with Crippen LogP contribution in [0.4, 0.5) is 5.69 Å². The van der Waals surface area contributed by atoms with Crippen LogP contribution in [0, 0.1) is 5.41 Å². The zero-order valence-electron chi connectivity index (χ0n) is 13.7. The highest BCUT2D eigenvalue weighted by molar-refractivity contribution is 6.31. The zero-order chi connectivity index (χ0) is 15.3. The van der Waals surface area contributed by atoms with Gasteiger partial charge in [-0.05, 0) is 49.8 Å². The molecule has 3 heteroatoms. The van der Waals surface area contributed by atoms with Crippen LogP contribution in [0.5, 0.6) is 0 Å². The smallest absolute Gasteiger partial charge is 0.0471 e. The van der Waals surface area contributed by atoms with E-state index in [9.17, 15) is 0 Å². The molecule has 0 radical (unpaired) electrons. The third kappa shape index (κ3) is 4.62. The van der Waals surface area contributed by atoms with Gasteiger partial charge in [0.1, 0.15) is 0 Å². The highest BCUT2D eigenvalue weighted by Gasteiger charge is 2.24. The Labute approximate surface area is 134 Å². The summed E-state index contributed by atoms with van der Waals surface area (Å²) in [7, 11) is 0. The molecule has 0 atom stereocenters. The summed E-state index contributed by atoms with van der Waals surface area (Å²) >= 11 is 6.46. The van der Waals surface area contributed by atoms with Gasteiger partial charge in [-0.15, -0.1) is 0 Å². The Morgan fingerprint density at radius 3 is 2.81 bits per heavy atom. The summed E-state index contributed by atoms with van der Waals surface area (Å²) in [5, 5.41) is 4.38. The van der Waals surface area contributed by atoms with Crippen LogP contribution in [0.15, 0.2) is 18.2 Å². The first-order valence-electron chi connectivity index (χ1n) is 8.26. The predicted molar refractivity (Wildman–Crippen MR) is 93.3 cm³/mol. The molecule has 1 aliphatic heterocycles. The summed E-state index contributed by atoms with van der Waals surface area (Å²) < 4.78 is 0.